The van der Waals surface area contributed by atoms with Gasteiger partial charge in [-0.3, -0.25) is 4.90 Å². The highest BCUT2D eigenvalue weighted by atomic mass is 19.2. The molecule has 1 aromatic rings. The summed E-state index contributed by atoms with van der Waals surface area (Å²) < 4.78 is 26.5. The van der Waals surface area contributed by atoms with Gasteiger partial charge in [0.2, 0.25) is 0 Å². The summed E-state index contributed by atoms with van der Waals surface area (Å²) in [7, 11) is 0. The fourth-order valence-corrected chi connectivity index (χ4v) is 3.16. The highest BCUT2D eigenvalue weighted by Gasteiger charge is 2.34. The van der Waals surface area contributed by atoms with Crippen molar-refractivity contribution in [2.75, 3.05) is 13.1 Å². The van der Waals surface area contributed by atoms with E-state index in [0.29, 0.717) is 12.1 Å². The van der Waals surface area contributed by atoms with Crippen LogP contribution in [0.2, 0.25) is 0 Å². The van der Waals surface area contributed by atoms with Gasteiger partial charge in [0.25, 0.3) is 0 Å². The van der Waals surface area contributed by atoms with Crippen molar-refractivity contribution < 1.29 is 8.78 Å². The predicted octanol–water partition coefficient (Wildman–Crippen LogP) is 3.24. The van der Waals surface area contributed by atoms with Crippen molar-refractivity contribution in [3.05, 3.63) is 35.4 Å². The molecule has 0 spiro atoms. The molecule has 20 heavy (non-hydrogen) atoms. The first kappa shape index (κ1) is 14.0. The van der Waals surface area contributed by atoms with Crippen molar-refractivity contribution in [1.82, 2.24) is 10.2 Å². The normalized spacial score (nSPS) is 24.3. The fraction of sp³-hybridized carbons (Fsp3) is 0.625. The van der Waals surface area contributed by atoms with E-state index < -0.39 is 11.6 Å². The smallest absolute Gasteiger partial charge is 0.159 e. The largest absolute Gasteiger partial charge is 0.313 e. The van der Waals surface area contributed by atoms with E-state index in [9.17, 15) is 8.78 Å². The minimum atomic E-state index is -0.767. The molecular formula is C16H22F2N2. The molecule has 1 saturated heterocycles. The number of hydrogen-bond acceptors (Lipinski definition) is 2. The molecule has 0 amide bonds. The molecule has 0 bridgehead atoms. The summed E-state index contributed by atoms with van der Waals surface area (Å²) in [5, 5.41) is 3.52. The lowest BCUT2D eigenvalue weighted by atomic mass is 10.0. The second kappa shape index (κ2) is 5.78. The lowest BCUT2D eigenvalue weighted by Gasteiger charge is -2.32. The van der Waals surface area contributed by atoms with Crippen LogP contribution in [-0.2, 0) is 0 Å². The Labute approximate surface area is 119 Å². The molecule has 1 N–H and O–H groups in total. The third kappa shape index (κ3) is 3.01. The van der Waals surface area contributed by atoms with Crippen LogP contribution in [0.15, 0.2) is 18.2 Å². The van der Waals surface area contributed by atoms with Crippen molar-refractivity contribution in [3.8, 4) is 0 Å². The quantitative estimate of drug-likeness (QED) is 0.890. The average Bonchev–Trinajstić information content (AvgIpc) is 3.15. The van der Waals surface area contributed by atoms with Gasteiger partial charge in [-0.25, -0.2) is 8.78 Å². The summed E-state index contributed by atoms with van der Waals surface area (Å²) in [6, 6.07) is 5.58. The molecule has 2 nitrogen and oxygen atoms in total. The van der Waals surface area contributed by atoms with E-state index >= 15 is 0 Å². The van der Waals surface area contributed by atoms with E-state index in [-0.39, 0.29) is 6.04 Å². The Bertz CT molecular complexity index is 468. The predicted molar refractivity (Wildman–Crippen MR) is 75.5 cm³/mol. The third-order valence-electron chi connectivity index (χ3n) is 4.53. The maximum Gasteiger partial charge on any atom is 0.159 e. The molecule has 1 heterocycles. The van der Waals surface area contributed by atoms with Crippen LogP contribution in [0.25, 0.3) is 0 Å². The lowest BCUT2D eigenvalue weighted by Crippen LogP contribution is -2.40. The topological polar surface area (TPSA) is 15.3 Å². The molecule has 0 radical (unpaired) electrons. The van der Waals surface area contributed by atoms with Crippen LogP contribution in [-0.4, -0.2) is 30.1 Å². The Kier molecular flexibility index (Phi) is 4.03. The Balaban J connectivity index is 1.73. The molecule has 3 rings (SSSR count). The molecule has 2 fully saturated rings. The van der Waals surface area contributed by atoms with Crippen molar-refractivity contribution in [1.29, 1.82) is 0 Å². The molecule has 2 unspecified atom stereocenters. The van der Waals surface area contributed by atoms with Gasteiger partial charge in [0.15, 0.2) is 11.6 Å². The molecule has 1 aliphatic carbocycles. The summed E-state index contributed by atoms with van der Waals surface area (Å²) in [6.45, 7) is 4.20. The van der Waals surface area contributed by atoms with E-state index in [0.717, 1.165) is 18.7 Å². The average molecular weight is 280 g/mol. The van der Waals surface area contributed by atoms with Crippen LogP contribution in [0.5, 0.6) is 0 Å². The van der Waals surface area contributed by atoms with Gasteiger partial charge < -0.3 is 5.32 Å². The van der Waals surface area contributed by atoms with Gasteiger partial charge in [-0.1, -0.05) is 6.07 Å². The zero-order valence-electron chi connectivity index (χ0n) is 11.9. The molecule has 110 valence electrons. The summed E-state index contributed by atoms with van der Waals surface area (Å²) >= 11 is 0. The summed E-state index contributed by atoms with van der Waals surface area (Å²) in [5.41, 5.74) is 0.869. The van der Waals surface area contributed by atoms with Gasteiger partial charge in [0.1, 0.15) is 0 Å². The van der Waals surface area contributed by atoms with E-state index in [1.807, 2.05) is 0 Å². The highest BCUT2D eigenvalue weighted by Crippen LogP contribution is 2.35. The lowest BCUT2D eigenvalue weighted by molar-refractivity contribution is 0.182. The summed E-state index contributed by atoms with van der Waals surface area (Å²) in [4.78, 5) is 2.45. The molecule has 2 aliphatic rings. The minimum absolute atomic E-state index is 0.139. The Morgan fingerprint density at radius 1 is 1.25 bits per heavy atom. The molecule has 1 aliphatic heterocycles. The van der Waals surface area contributed by atoms with Gasteiger partial charge in [0, 0.05) is 24.7 Å². The van der Waals surface area contributed by atoms with Gasteiger partial charge in [-0.15, -0.1) is 0 Å². The number of benzene rings is 1. The Hall–Kier alpha value is -1.00. The number of rotatable bonds is 5. The first-order valence-electron chi connectivity index (χ1n) is 7.59. The maximum atomic E-state index is 13.4. The number of halogens is 2. The standard InChI is InChI=1S/C16H22F2N2/c1-11(12-4-7-15(17)16(18)9-12)20(14-5-6-14)10-13-3-2-8-19-13/h4,7,9,11,13-14,19H,2-3,5-6,8,10H2,1H3. The van der Waals surface area contributed by atoms with Crippen molar-refractivity contribution in [2.24, 2.45) is 0 Å². The second-order valence-electron chi connectivity index (χ2n) is 6.07. The van der Waals surface area contributed by atoms with Crippen LogP contribution in [0, 0.1) is 11.6 Å². The van der Waals surface area contributed by atoms with E-state index in [2.05, 4.69) is 17.1 Å². The summed E-state index contributed by atoms with van der Waals surface area (Å²) in [5.74, 6) is -1.51. The monoisotopic (exact) mass is 280 g/mol. The zero-order valence-corrected chi connectivity index (χ0v) is 11.9. The number of hydrogen-bond donors (Lipinski definition) is 1. The molecule has 2 atom stereocenters. The molecule has 4 heteroatoms. The van der Waals surface area contributed by atoms with Crippen molar-refractivity contribution in [3.63, 3.8) is 0 Å². The van der Waals surface area contributed by atoms with Crippen LogP contribution in [0.1, 0.15) is 44.2 Å². The van der Waals surface area contributed by atoms with E-state index in [1.165, 1.54) is 37.8 Å². The van der Waals surface area contributed by atoms with Crippen LogP contribution in [0.3, 0.4) is 0 Å². The van der Waals surface area contributed by atoms with E-state index in [4.69, 9.17) is 0 Å². The van der Waals surface area contributed by atoms with Crippen LogP contribution >= 0.6 is 0 Å². The maximum absolute atomic E-state index is 13.4. The fourth-order valence-electron chi connectivity index (χ4n) is 3.16. The van der Waals surface area contributed by atoms with Gasteiger partial charge in [-0.2, -0.15) is 0 Å². The Morgan fingerprint density at radius 2 is 2.05 bits per heavy atom. The highest BCUT2D eigenvalue weighted by molar-refractivity contribution is 5.21. The molecule has 0 aromatic heterocycles. The molecule has 1 aromatic carbocycles. The zero-order chi connectivity index (χ0) is 14.1. The van der Waals surface area contributed by atoms with Crippen LogP contribution < -0.4 is 5.32 Å². The second-order valence-corrected chi connectivity index (χ2v) is 6.07. The SMILES string of the molecule is CC(c1ccc(F)c(F)c1)N(CC1CCCN1)C1CC1. The first-order valence-corrected chi connectivity index (χ1v) is 7.59. The van der Waals surface area contributed by atoms with Crippen molar-refractivity contribution >= 4 is 0 Å². The molecule has 1 saturated carbocycles. The van der Waals surface area contributed by atoms with Gasteiger partial charge >= 0.3 is 0 Å². The Morgan fingerprint density at radius 3 is 2.65 bits per heavy atom. The first-order chi connectivity index (χ1) is 9.65. The molecular weight excluding hydrogens is 258 g/mol. The third-order valence-corrected chi connectivity index (χ3v) is 4.53. The summed E-state index contributed by atoms with van der Waals surface area (Å²) in [6.07, 6.45) is 4.90. The van der Waals surface area contributed by atoms with Crippen LogP contribution in [0.4, 0.5) is 8.78 Å². The van der Waals surface area contributed by atoms with Crippen molar-refractivity contribution in [2.45, 2.75) is 50.7 Å². The van der Waals surface area contributed by atoms with Gasteiger partial charge in [-0.05, 0) is 56.8 Å². The number of nitrogens with zero attached hydrogens (tertiary/aromatic N) is 1. The van der Waals surface area contributed by atoms with E-state index in [1.54, 1.807) is 6.07 Å². The number of nitrogens with one attached hydrogen (secondary N) is 1. The van der Waals surface area contributed by atoms with Gasteiger partial charge in [0.05, 0.1) is 0 Å². The minimum Gasteiger partial charge on any atom is -0.313 e.